The van der Waals surface area contributed by atoms with Gasteiger partial charge in [-0.15, -0.1) is 22.7 Å². The Morgan fingerprint density at radius 3 is 2.57 bits per heavy atom. The number of fused-ring (bicyclic) bond motifs is 1. The lowest BCUT2D eigenvalue weighted by molar-refractivity contribution is -0.120. The van der Waals surface area contributed by atoms with E-state index in [-0.39, 0.29) is 38.1 Å². The third kappa shape index (κ3) is 5.22. The molecule has 0 bridgehead atoms. The van der Waals surface area contributed by atoms with Crippen LogP contribution in [-0.2, 0) is 37.3 Å². The van der Waals surface area contributed by atoms with Gasteiger partial charge in [0.15, 0.2) is 0 Å². The van der Waals surface area contributed by atoms with Crippen molar-refractivity contribution in [3.63, 3.8) is 0 Å². The summed E-state index contributed by atoms with van der Waals surface area (Å²) in [5.74, 6) is -1.19. The second kappa shape index (κ2) is 10.6. The molecule has 0 spiro atoms. The number of carbonyl (C=O) groups excluding carboxylic acids is 3. The molecule has 10 nitrogen and oxygen atoms in total. The third-order valence-corrected chi connectivity index (χ3v) is 10.5. The van der Waals surface area contributed by atoms with Crippen LogP contribution in [0, 0.1) is 5.92 Å². The molecule has 0 unspecified atom stereocenters. The van der Waals surface area contributed by atoms with E-state index in [2.05, 4.69) is 5.32 Å². The normalized spacial score (nSPS) is 17.0. The summed E-state index contributed by atoms with van der Waals surface area (Å²) >= 11 is 2.43. The number of methoxy groups -OCH3 is 1. The van der Waals surface area contributed by atoms with Gasteiger partial charge in [0.25, 0.3) is 10.0 Å². The average Bonchev–Trinajstić information content (AvgIpc) is 3.52. The van der Waals surface area contributed by atoms with E-state index in [0.717, 1.165) is 10.4 Å². The number of esters is 1. The molecule has 1 N–H and O–H groups in total. The lowest BCUT2D eigenvalue weighted by Gasteiger charge is -2.30. The van der Waals surface area contributed by atoms with Crippen LogP contribution in [-0.4, -0.2) is 68.9 Å². The van der Waals surface area contributed by atoms with E-state index < -0.39 is 22.1 Å². The largest absolute Gasteiger partial charge is 0.465 e. The Hall–Kier alpha value is -2.48. The fourth-order valence-electron chi connectivity index (χ4n) is 4.29. The Morgan fingerprint density at radius 1 is 1.20 bits per heavy atom. The molecule has 2 aliphatic rings. The lowest BCUT2D eigenvalue weighted by atomic mass is 9.97. The van der Waals surface area contributed by atoms with E-state index in [4.69, 9.17) is 9.47 Å². The molecule has 1 fully saturated rings. The van der Waals surface area contributed by atoms with Crippen molar-refractivity contribution in [3.8, 4) is 0 Å². The Kier molecular flexibility index (Phi) is 7.79. The van der Waals surface area contributed by atoms with Gasteiger partial charge in [-0.2, -0.15) is 4.31 Å². The van der Waals surface area contributed by atoms with Crippen LogP contribution < -0.4 is 5.32 Å². The van der Waals surface area contributed by atoms with Gasteiger partial charge in [-0.1, -0.05) is 6.07 Å². The topological polar surface area (TPSA) is 122 Å². The summed E-state index contributed by atoms with van der Waals surface area (Å²) in [5.41, 5.74) is 1.09. The van der Waals surface area contributed by atoms with Crippen molar-refractivity contribution in [1.82, 2.24) is 9.21 Å². The van der Waals surface area contributed by atoms with Crippen molar-refractivity contribution in [2.24, 2.45) is 5.92 Å². The maximum Gasteiger partial charge on any atom is 0.410 e. The van der Waals surface area contributed by atoms with Crippen molar-refractivity contribution >= 4 is 55.7 Å². The van der Waals surface area contributed by atoms with Crippen LogP contribution >= 0.6 is 22.7 Å². The molecule has 190 valence electrons. The first-order valence-corrected chi connectivity index (χ1v) is 14.4. The number of amides is 2. The minimum atomic E-state index is -3.55. The van der Waals surface area contributed by atoms with Crippen LogP contribution in [0.4, 0.5) is 9.80 Å². The van der Waals surface area contributed by atoms with E-state index in [1.165, 1.54) is 34.1 Å². The van der Waals surface area contributed by atoms with Crippen molar-refractivity contribution in [1.29, 1.82) is 0 Å². The zero-order chi connectivity index (χ0) is 25.2. The van der Waals surface area contributed by atoms with Crippen molar-refractivity contribution in [3.05, 3.63) is 33.5 Å². The van der Waals surface area contributed by atoms with E-state index >= 15 is 0 Å². The van der Waals surface area contributed by atoms with E-state index in [0.29, 0.717) is 40.6 Å². The number of rotatable bonds is 6. The molecule has 35 heavy (non-hydrogen) atoms. The number of anilines is 1. The second-order valence-electron chi connectivity index (χ2n) is 8.17. The summed E-state index contributed by atoms with van der Waals surface area (Å²) in [4.78, 5) is 40.2. The van der Waals surface area contributed by atoms with E-state index in [1.807, 2.05) is 0 Å². The number of piperidine rings is 1. The van der Waals surface area contributed by atoms with Gasteiger partial charge >= 0.3 is 12.1 Å². The number of ether oxygens (including phenoxy) is 2. The fourth-order valence-corrected chi connectivity index (χ4v) is 8.16. The third-order valence-electron chi connectivity index (χ3n) is 6.12. The van der Waals surface area contributed by atoms with Crippen molar-refractivity contribution in [2.75, 3.05) is 38.7 Å². The highest BCUT2D eigenvalue weighted by Crippen LogP contribution is 2.38. The number of sulfonamides is 1. The minimum Gasteiger partial charge on any atom is -0.465 e. The molecule has 0 radical (unpaired) electrons. The number of hydrogen-bond donors (Lipinski definition) is 1. The SMILES string of the molecule is CCOC(=O)N1CCc2c(sc(NC(=O)C3CCN(S(=O)(=O)c4cccs4)CC3)c2C(=O)OC)C1. The van der Waals surface area contributed by atoms with Gasteiger partial charge in [-0.3, -0.25) is 4.79 Å². The summed E-state index contributed by atoms with van der Waals surface area (Å²) in [6.45, 7) is 3.20. The zero-order valence-electron chi connectivity index (χ0n) is 19.4. The van der Waals surface area contributed by atoms with Crippen LogP contribution in [0.5, 0.6) is 0 Å². The highest BCUT2D eigenvalue weighted by Gasteiger charge is 2.35. The molecule has 2 aromatic heterocycles. The molecule has 2 amide bonds. The molecule has 4 heterocycles. The Balaban J connectivity index is 1.46. The van der Waals surface area contributed by atoms with Gasteiger partial charge in [-0.25, -0.2) is 18.0 Å². The minimum absolute atomic E-state index is 0.248. The number of thiophene rings is 2. The van der Waals surface area contributed by atoms with Crippen LogP contribution in [0.15, 0.2) is 21.7 Å². The molecule has 0 atom stereocenters. The lowest BCUT2D eigenvalue weighted by Crippen LogP contribution is -2.41. The monoisotopic (exact) mass is 541 g/mol. The highest BCUT2D eigenvalue weighted by molar-refractivity contribution is 7.91. The quantitative estimate of drug-likeness (QED) is 0.558. The summed E-state index contributed by atoms with van der Waals surface area (Å²) in [7, 11) is -2.26. The Labute approximate surface area is 211 Å². The maximum atomic E-state index is 13.1. The highest BCUT2D eigenvalue weighted by atomic mass is 32.2. The predicted octanol–water partition coefficient (Wildman–Crippen LogP) is 3.15. The summed E-state index contributed by atoms with van der Waals surface area (Å²) in [6.07, 6.45) is 0.794. The summed E-state index contributed by atoms with van der Waals surface area (Å²) in [5, 5.41) is 5.00. The van der Waals surface area contributed by atoms with Crippen LogP contribution in [0.2, 0.25) is 0 Å². The number of nitrogens with one attached hydrogen (secondary N) is 1. The van der Waals surface area contributed by atoms with Gasteiger partial charge in [0, 0.05) is 30.4 Å². The first-order valence-electron chi connectivity index (χ1n) is 11.2. The smallest absolute Gasteiger partial charge is 0.410 e. The molecule has 0 aliphatic carbocycles. The molecule has 13 heteroatoms. The van der Waals surface area contributed by atoms with Crippen molar-refractivity contribution in [2.45, 2.75) is 36.9 Å². The van der Waals surface area contributed by atoms with E-state index in [9.17, 15) is 22.8 Å². The van der Waals surface area contributed by atoms with Gasteiger partial charge in [0.1, 0.15) is 9.21 Å². The number of hydrogen-bond acceptors (Lipinski definition) is 9. The number of nitrogens with zero attached hydrogens (tertiary/aromatic N) is 2. The predicted molar refractivity (Wildman–Crippen MR) is 131 cm³/mol. The Morgan fingerprint density at radius 2 is 1.94 bits per heavy atom. The van der Waals surface area contributed by atoms with Crippen LogP contribution in [0.3, 0.4) is 0 Å². The van der Waals surface area contributed by atoms with Gasteiger partial charge in [0.05, 0.1) is 25.8 Å². The van der Waals surface area contributed by atoms with Gasteiger partial charge < -0.3 is 19.7 Å². The average molecular weight is 542 g/mol. The molecular weight excluding hydrogens is 514 g/mol. The fraction of sp³-hybridized carbons (Fsp3) is 0.500. The second-order valence-corrected chi connectivity index (χ2v) is 12.4. The molecule has 2 aromatic rings. The molecule has 4 rings (SSSR count). The first-order chi connectivity index (χ1) is 16.8. The van der Waals surface area contributed by atoms with E-state index in [1.54, 1.807) is 29.3 Å². The Bertz CT molecular complexity index is 1200. The summed E-state index contributed by atoms with van der Waals surface area (Å²) in [6, 6.07) is 3.28. The molecule has 0 aromatic carbocycles. The van der Waals surface area contributed by atoms with Gasteiger partial charge in [-0.05, 0) is 43.2 Å². The standard InChI is InChI=1S/C22H27N3O7S3/c1-3-32-22(28)24-9-8-15-16(13-24)34-20(18(15)21(27)31-2)23-19(26)14-6-10-25(11-7-14)35(29,30)17-5-4-12-33-17/h4-5,12,14H,3,6-11,13H2,1-2H3,(H,23,26). The summed E-state index contributed by atoms with van der Waals surface area (Å²) < 4.78 is 37.3. The molecule has 0 saturated carbocycles. The van der Waals surface area contributed by atoms with Crippen molar-refractivity contribution < 1.29 is 32.3 Å². The van der Waals surface area contributed by atoms with Crippen LogP contribution in [0.25, 0.3) is 0 Å². The number of carbonyl (C=O) groups is 3. The molecular formula is C22H27N3O7S3. The first kappa shape index (κ1) is 25.6. The van der Waals surface area contributed by atoms with Crippen LogP contribution in [0.1, 0.15) is 40.6 Å². The van der Waals surface area contributed by atoms with Gasteiger partial charge in [0.2, 0.25) is 5.91 Å². The molecule has 2 aliphatic heterocycles. The maximum absolute atomic E-state index is 13.1. The molecule has 1 saturated heterocycles. The zero-order valence-corrected chi connectivity index (χ0v) is 21.9.